The van der Waals surface area contributed by atoms with Crippen molar-refractivity contribution < 1.29 is 13.9 Å². The minimum Gasteiger partial charge on any atom is -0.481 e. The van der Waals surface area contributed by atoms with Crippen molar-refractivity contribution in [3.05, 3.63) is 47.7 Å². The van der Waals surface area contributed by atoms with Crippen molar-refractivity contribution in [2.45, 2.75) is 24.3 Å². The molecule has 33 heavy (non-hydrogen) atoms. The lowest BCUT2D eigenvalue weighted by atomic mass is 10.1. The highest BCUT2D eigenvalue weighted by Crippen LogP contribution is 2.35. The lowest BCUT2D eigenvalue weighted by molar-refractivity contribution is 0.324. The number of fused-ring (bicyclic) bond motifs is 2. The highest BCUT2D eigenvalue weighted by Gasteiger charge is 2.23. The molecule has 0 amide bonds. The Labute approximate surface area is 202 Å². The Bertz CT molecular complexity index is 1120. The number of aromatic nitrogens is 3. The molecule has 0 aromatic carbocycles. The molecule has 0 bridgehead atoms. The molecule has 1 fully saturated rings. The Balaban J connectivity index is 0.00000259. The van der Waals surface area contributed by atoms with Crippen molar-refractivity contribution in [1.29, 1.82) is 0 Å². The molecule has 3 aromatic heterocycles. The van der Waals surface area contributed by atoms with E-state index in [4.69, 9.17) is 9.47 Å². The van der Waals surface area contributed by atoms with Crippen LogP contribution in [0, 0.1) is 11.7 Å². The molecule has 0 radical (unpaired) electrons. The Kier molecular flexibility index (Phi) is 7.85. The van der Waals surface area contributed by atoms with E-state index in [9.17, 15) is 4.39 Å². The van der Waals surface area contributed by atoms with Gasteiger partial charge >= 0.3 is 0 Å². The normalized spacial score (nSPS) is 17.6. The highest BCUT2D eigenvalue weighted by atomic mass is 35.5. The lowest BCUT2D eigenvalue weighted by Crippen LogP contribution is -2.28. The van der Waals surface area contributed by atoms with Gasteiger partial charge < -0.3 is 19.7 Å². The molecule has 5 heterocycles. The fraction of sp³-hybridized carbons (Fsp3) is 0.435. The third-order valence-electron chi connectivity index (χ3n) is 6.05. The topological polar surface area (TPSA) is 72.4 Å². The first-order valence-electron chi connectivity index (χ1n) is 10.9. The number of nitrogens with zero attached hydrogens (tertiary/aromatic N) is 4. The summed E-state index contributed by atoms with van der Waals surface area (Å²) < 4.78 is 25.2. The number of hydrogen-bond acceptors (Lipinski definition) is 8. The zero-order valence-corrected chi connectivity index (χ0v) is 20.1. The number of nitrogens with one attached hydrogen (secondary N) is 1. The summed E-state index contributed by atoms with van der Waals surface area (Å²) in [6.07, 6.45) is 4.85. The molecule has 0 unspecified atom stereocenters. The van der Waals surface area contributed by atoms with Gasteiger partial charge in [-0.1, -0.05) is 11.8 Å². The summed E-state index contributed by atoms with van der Waals surface area (Å²) in [7, 11) is 1.56. The van der Waals surface area contributed by atoms with E-state index >= 15 is 0 Å². The summed E-state index contributed by atoms with van der Waals surface area (Å²) in [5, 5.41) is 3.54. The van der Waals surface area contributed by atoms with Gasteiger partial charge in [-0.25, -0.2) is 9.37 Å². The largest absolute Gasteiger partial charge is 0.481 e. The first kappa shape index (κ1) is 23.9. The summed E-state index contributed by atoms with van der Waals surface area (Å²) in [6, 6.07) is 5.68. The van der Waals surface area contributed by atoms with Crippen LogP contribution in [0.25, 0.3) is 11.0 Å². The van der Waals surface area contributed by atoms with E-state index in [0.717, 1.165) is 50.6 Å². The molecule has 1 atom stereocenters. The van der Waals surface area contributed by atoms with Gasteiger partial charge in [0.15, 0.2) is 5.75 Å². The average molecular weight is 492 g/mol. The molecule has 2 aliphatic heterocycles. The third-order valence-corrected chi connectivity index (χ3v) is 6.92. The molecule has 0 saturated carbocycles. The predicted octanol–water partition coefficient (Wildman–Crippen LogP) is 3.69. The zero-order valence-electron chi connectivity index (χ0n) is 18.4. The molecule has 0 aliphatic carbocycles. The number of hydrogen-bond donors (Lipinski definition) is 1. The number of pyridine rings is 3. The number of rotatable bonds is 8. The summed E-state index contributed by atoms with van der Waals surface area (Å²) >= 11 is 1.71. The van der Waals surface area contributed by atoms with Crippen LogP contribution in [0.15, 0.2) is 35.5 Å². The Hall–Kier alpha value is -2.20. The molecule has 2 aliphatic rings. The van der Waals surface area contributed by atoms with Crippen LogP contribution < -0.4 is 14.8 Å². The molecule has 0 spiro atoms. The summed E-state index contributed by atoms with van der Waals surface area (Å²) in [5.41, 5.74) is 2.93. The molecular weight excluding hydrogens is 465 g/mol. The van der Waals surface area contributed by atoms with Crippen LogP contribution in [0.5, 0.6) is 11.6 Å². The van der Waals surface area contributed by atoms with E-state index < -0.39 is 0 Å². The Morgan fingerprint density at radius 2 is 2.21 bits per heavy atom. The van der Waals surface area contributed by atoms with Crippen LogP contribution in [0.4, 0.5) is 4.39 Å². The number of thioether (sulfide) groups is 1. The summed E-state index contributed by atoms with van der Waals surface area (Å²) in [5.74, 6) is 2.31. The second kappa shape index (κ2) is 10.8. The monoisotopic (exact) mass is 491 g/mol. The fourth-order valence-electron chi connectivity index (χ4n) is 4.32. The molecule has 1 saturated heterocycles. The van der Waals surface area contributed by atoms with E-state index in [-0.39, 0.29) is 18.2 Å². The molecule has 5 rings (SSSR count). The van der Waals surface area contributed by atoms with Crippen LogP contribution in [-0.2, 0) is 13.0 Å². The number of ether oxygens (including phenoxy) is 2. The van der Waals surface area contributed by atoms with Gasteiger partial charge in [0.25, 0.3) is 0 Å². The van der Waals surface area contributed by atoms with Crippen LogP contribution >= 0.6 is 24.2 Å². The molecule has 176 valence electrons. The first-order valence-corrected chi connectivity index (χ1v) is 11.8. The van der Waals surface area contributed by atoms with Crippen LogP contribution in [0.3, 0.4) is 0 Å². The van der Waals surface area contributed by atoms with Crippen molar-refractivity contribution in [3.63, 3.8) is 0 Å². The van der Waals surface area contributed by atoms with Gasteiger partial charge in [-0.3, -0.25) is 9.97 Å². The first-order chi connectivity index (χ1) is 15.7. The van der Waals surface area contributed by atoms with Crippen molar-refractivity contribution in [1.82, 2.24) is 25.2 Å². The quantitative estimate of drug-likeness (QED) is 0.511. The minimum atomic E-state index is -0.305. The maximum Gasteiger partial charge on any atom is 0.213 e. The van der Waals surface area contributed by atoms with Gasteiger partial charge in [0, 0.05) is 31.3 Å². The maximum absolute atomic E-state index is 14.5. The van der Waals surface area contributed by atoms with Crippen LogP contribution in [-0.4, -0.2) is 59.1 Å². The van der Waals surface area contributed by atoms with Crippen LogP contribution in [0.2, 0.25) is 0 Å². The van der Waals surface area contributed by atoms with Gasteiger partial charge in [-0.05, 0) is 44.0 Å². The number of likely N-dealkylation sites (tertiary alicyclic amines) is 1. The smallest absolute Gasteiger partial charge is 0.213 e. The fourth-order valence-corrected chi connectivity index (χ4v) is 5.11. The third kappa shape index (κ3) is 5.48. The standard InChI is InChI=1S/C23H26FN5O2S.ClH/c1-30-22-3-2-19-23(28-22)17(18(24)11-27-19)5-7-29-6-4-15(13-29)9-25-10-16-8-21-20(12-26-16)31-14-32-21;/h2-3,8,11-12,15,25H,4-7,9-10,13-14H2,1H3;1H/t15-;/m0./s1. The van der Waals surface area contributed by atoms with E-state index in [1.807, 2.05) is 12.3 Å². The van der Waals surface area contributed by atoms with Crippen molar-refractivity contribution in [2.24, 2.45) is 5.92 Å². The summed E-state index contributed by atoms with van der Waals surface area (Å²) in [6.45, 7) is 4.54. The van der Waals surface area contributed by atoms with Crippen LogP contribution in [0.1, 0.15) is 17.7 Å². The predicted molar refractivity (Wildman–Crippen MR) is 129 cm³/mol. The minimum absolute atomic E-state index is 0. The Morgan fingerprint density at radius 1 is 1.30 bits per heavy atom. The van der Waals surface area contributed by atoms with Gasteiger partial charge in [-0.2, -0.15) is 0 Å². The van der Waals surface area contributed by atoms with Gasteiger partial charge in [0.2, 0.25) is 5.88 Å². The average Bonchev–Trinajstić information content (AvgIpc) is 3.47. The van der Waals surface area contributed by atoms with Crippen molar-refractivity contribution in [3.8, 4) is 11.6 Å². The van der Waals surface area contributed by atoms with E-state index in [2.05, 4.69) is 31.2 Å². The van der Waals surface area contributed by atoms with Gasteiger partial charge in [0.1, 0.15) is 11.8 Å². The number of halogens is 2. The second-order valence-electron chi connectivity index (χ2n) is 8.17. The number of methoxy groups -OCH3 is 1. The van der Waals surface area contributed by atoms with E-state index in [1.54, 1.807) is 24.9 Å². The van der Waals surface area contributed by atoms with Crippen molar-refractivity contribution in [2.75, 3.05) is 39.2 Å². The molecule has 3 aromatic rings. The molecule has 1 N–H and O–H groups in total. The van der Waals surface area contributed by atoms with E-state index in [1.165, 1.54) is 11.1 Å². The van der Waals surface area contributed by atoms with E-state index in [0.29, 0.717) is 40.8 Å². The van der Waals surface area contributed by atoms with Gasteiger partial charge in [-0.15, -0.1) is 12.4 Å². The molecular formula is C23H27ClFN5O2S. The molecule has 10 heteroatoms. The second-order valence-corrected chi connectivity index (χ2v) is 9.14. The Morgan fingerprint density at radius 3 is 3.09 bits per heavy atom. The zero-order chi connectivity index (χ0) is 21.9. The SMILES string of the molecule is COc1ccc2ncc(F)c(CCN3CC[C@@H](CNCc4cc5c(cn4)OCS5)C3)c2n1.Cl. The highest BCUT2D eigenvalue weighted by molar-refractivity contribution is 7.99. The molecule has 7 nitrogen and oxygen atoms in total. The van der Waals surface area contributed by atoms with Crippen molar-refractivity contribution >= 4 is 35.2 Å². The lowest BCUT2D eigenvalue weighted by Gasteiger charge is -2.17. The van der Waals surface area contributed by atoms with Gasteiger partial charge in [0.05, 0.1) is 41.1 Å². The summed E-state index contributed by atoms with van der Waals surface area (Å²) in [4.78, 5) is 16.6. The maximum atomic E-state index is 14.5.